The summed E-state index contributed by atoms with van der Waals surface area (Å²) in [6.07, 6.45) is 9.15. The molecule has 6 rings (SSSR count). The van der Waals surface area contributed by atoms with Crippen LogP contribution in [0.1, 0.15) is 49.9 Å². The molecule has 4 saturated carbocycles. The van der Waals surface area contributed by atoms with E-state index in [1.165, 1.54) is 43.2 Å². The lowest BCUT2D eigenvalue weighted by Crippen LogP contribution is -2.61. The lowest BCUT2D eigenvalue weighted by molar-refractivity contribution is -0.149. The van der Waals surface area contributed by atoms with Crippen molar-refractivity contribution in [3.8, 4) is 0 Å². The Morgan fingerprint density at radius 1 is 1.19 bits per heavy atom. The van der Waals surface area contributed by atoms with Crippen LogP contribution in [0.4, 0.5) is 4.39 Å². The number of amides is 1. The van der Waals surface area contributed by atoms with Gasteiger partial charge < -0.3 is 9.47 Å². The Kier molecular flexibility index (Phi) is 5.86. The minimum absolute atomic E-state index is 0.0501. The summed E-state index contributed by atoms with van der Waals surface area (Å²) >= 11 is 1.45. The molecule has 0 N–H and O–H groups in total. The first-order valence-corrected chi connectivity index (χ1v) is 12.6. The van der Waals surface area contributed by atoms with E-state index >= 15 is 0 Å². The molecule has 0 spiro atoms. The number of aromatic nitrogens is 3. The largest absolute Gasteiger partial charge is 0.332 e. The van der Waals surface area contributed by atoms with Gasteiger partial charge in [0.25, 0.3) is 0 Å². The van der Waals surface area contributed by atoms with Gasteiger partial charge in [-0.2, -0.15) is 0 Å². The fraction of sp³-hybridized carbons (Fsp3) is 0.560. The topological polar surface area (TPSA) is 51.0 Å². The van der Waals surface area contributed by atoms with Crippen molar-refractivity contribution in [3.05, 3.63) is 54.1 Å². The van der Waals surface area contributed by atoms with Gasteiger partial charge >= 0.3 is 0 Å². The fourth-order valence-corrected chi connectivity index (χ4v) is 7.57. The number of hydrogen-bond donors (Lipinski definition) is 0. The van der Waals surface area contributed by atoms with Crippen molar-refractivity contribution >= 4 is 17.7 Å². The van der Waals surface area contributed by atoms with Crippen molar-refractivity contribution in [3.63, 3.8) is 0 Å². The number of benzene rings is 1. The molecule has 4 bridgehead atoms. The third-order valence-electron chi connectivity index (χ3n) is 7.67. The standard InChI is InChI=1S/C25H31FN4OS/c1-3-8-29-17(2)27-28-24(29)32-16-23(31)30(15-18-4-6-22(26)7-5-18)25-12-19-9-20(13-25)11-21(10-19)14-25/h3-7,19-21H,1,8-16H2,2H3. The van der Waals surface area contributed by atoms with Gasteiger partial charge in [-0.05, 0) is 80.9 Å². The van der Waals surface area contributed by atoms with Crippen molar-refractivity contribution in [2.45, 2.75) is 69.2 Å². The van der Waals surface area contributed by atoms with Crippen LogP contribution in [-0.2, 0) is 17.9 Å². The van der Waals surface area contributed by atoms with E-state index in [0.29, 0.717) is 18.8 Å². The second-order valence-electron chi connectivity index (χ2n) is 9.97. The van der Waals surface area contributed by atoms with Gasteiger partial charge in [-0.1, -0.05) is 30.0 Å². The Morgan fingerprint density at radius 2 is 1.81 bits per heavy atom. The van der Waals surface area contributed by atoms with Crippen LogP contribution in [0.2, 0.25) is 0 Å². The maximum atomic E-state index is 13.7. The molecule has 32 heavy (non-hydrogen) atoms. The first-order valence-electron chi connectivity index (χ1n) is 11.6. The highest BCUT2D eigenvalue weighted by Gasteiger charge is 2.54. The van der Waals surface area contributed by atoms with Gasteiger partial charge in [0, 0.05) is 18.6 Å². The van der Waals surface area contributed by atoms with Crippen molar-refractivity contribution in [1.29, 1.82) is 0 Å². The Morgan fingerprint density at radius 3 is 2.41 bits per heavy atom. The first-order chi connectivity index (χ1) is 15.5. The Hall–Kier alpha value is -2.15. The van der Waals surface area contributed by atoms with Crippen LogP contribution in [0.5, 0.6) is 0 Å². The minimum atomic E-state index is -0.242. The number of aryl methyl sites for hydroxylation is 1. The zero-order chi connectivity index (χ0) is 22.3. The highest BCUT2D eigenvalue weighted by Crippen LogP contribution is 2.58. The molecule has 0 aliphatic heterocycles. The summed E-state index contributed by atoms with van der Waals surface area (Å²) in [6, 6.07) is 6.61. The third-order valence-corrected chi connectivity index (χ3v) is 8.62. The molecule has 1 heterocycles. The maximum Gasteiger partial charge on any atom is 0.233 e. The van der Waals surface area contributed by atoms with Crippen LogP contribution < -0.4 is 0 Å². The monoisotopic (exact) mass is 454 g/mol. The summed E-state index contributed by atoms with van der Waals surface area (Å²) in [4.78, 5) is 15.9. The highest BCUT2D eigenvalue weighted by atomic mass is 32.2. The van der Waals surface area contributed by atoms with Gasteiger partial charge in [-0.15, -0.1) is 16.8 Å². The molecule has 0 saturated heterocycles. The van der Waals surface area contributed by atoms with Gasteiger partial charge in [0.15, 0.2) is 5.16 Å². The van der Waals surface area contributed by atoms with E-state index in [1.807, 2.05) is 29.7 Å². The number of carbonyl (C=O) groups excluding carboxylic acids is 1. The lowest BCUT2D eigenvalue weighted by Gasteiger charge is -2.60. The van der Waals surface area contributed by atoms with Gasteiger partial charge in [-0.3, -0.25) is 4.79 Å². The van der Waals surface area contributed by atoms with Crippen molar-refractivity contribution < 1.29 is 9.18 Å². The number of nitrogens with zero attached hydrogens (tertiary/aromatic N) is 4. The zero-order valence-corrected chi connectivity index (χ0v) is 19.5. The third kappa shape index (κ3) is 4.12. The van der Waals surface area contributed by atoms with Crippen LogP contribution in [0.15, 0.2) is 42.1 Å². The predicted octanol–water partition coefficient (Wildman–Crippen LogP) is 5.00. The molecule has 5 nitrogen and oxygen atoms in total. The molecule has 1 amide bonds. The van der Waals surface area contributed by atoms with Crippen LogP contribution in [0, 0.1) is 30.5 Å². The quantitative estimate of drug-likeness (QED) is 0.416. The van der Waals surface area contributed by atoms with Crippen molar-refractivity contribution in [1.82, 2.24) is 19.7 Å². The summed E-state index contributed by atoms with van der Waals surface area (Å²) in [5, 5.41) is 9.19. The van der Waals surface area contributed by atoms with Crippen LogP contribution in [0.25, 0.3) is 0 Å². The SMILES string of the molecule is C=CCn1c(C)nnc1SCC(=O)N(Cc1ccc(F)cc1)C12CC3CC(CC(C3)C1)C2. The number of halogens is 1. The molecular formula is C25H31FN4OS. The molecule has 4 aliphatic carbocycles. The van der Waals surface area contributed by atoms with Crippen LogP contribution >= 0.6 is 11.8 Å². The van der Waals surface area contributed by atoms with E-state index in [1.54, 1.807) is 0 Å². The maximum absolute atomic E-state index is 13.7. The Balaban J connectivity index is 1.39. The summed E-state index contributed by atoms with van der Waals surface area (Å²) in [5.41, 5.74) is 0.942. The molecule has 1 aromatic heterocycles. The minimum Gasteiger partial charge on any atom is -0.332 e. The normalized spacial score (nSPS) is 28.1. The zero-order valence-electron chi connectivity index (χ0n) is 18.7. The number of allylic oxidation sites excluding steroid dienone is 1. The van der Waals surface area contributed by atoms with E-state index in [-0.39, 0.29) is 17.3 Å². The summed E-state index contributed by atoms with van der Waals surface area (Å²) in [7, 11) is 0. The Labute approximate surface area is 193 Å². The molecule has 4 aliphatic rings. The smallest absolute Gasteiger partial charge is 0.233 e. The molecule has 0 radical (unpaired) electrons. The molecule has 170 valence electrons. The molecule has 0 atom stereocenters. The van der Waals surface area contributed by atoms with Crippen LogP contribution in [-0.4, -0.2) is 36.9 Å². The number of carbonyl (C=O) groups is 1. The number of hydrogen-bond acceptors (Lipinski definition) is 4. The van der Waals surface area contributed by atoms with Crippen molar-refractivity contribution in [2.75, 3.05) is 5.75 Å². The molecule has 0 unspecified atom stereocenters. The summed E-state index contributed by atoms with van der Waals surface area (Å²) in [6.45, 7) is 6.90. The average molecular weight is 455 g/mol. The van der Waals surface area contributed by atoms with E-state index in [2.05, 4.69) is 21.7 Å². The highest BCUT2D eigenvalue weighted by molar-refractivity contribution is 7.99. The lowest BCUT2D eigenvalue weighted by atomic mass is 9.52. The van der Waals surface area contributed by atoms with Gasteiger partial charge in [0.2, 0.25) is 5.91 Å². The van der Waals surface area contributed by atoms with Gasteiger partial charge in [0.05, 0.1) is 5.75 Å². The van der Waals surface area contributed by atoms with E-state index in [0.717, 1.165) is 53.6 Å². The van der Waals surface area contributed by atoms with E-state index in [4.69, 9.17) is 0 Å². The summed E-state index contributed by atoms with van der Waals surface area (Å²) in [5.74, 6) is 3.30. The second kappa shape index (κ2) is 8.65. The molecule has 4 fully saturated rings. The molecular weight excluding hydrogens is 423 g/mol. The van der Waals surface area contributed by atoms with Gasteiger partial charge in [-0.25, -0.2) is 4.39 Å². The van der Waals surface area contributed by atoms with E-state index in [9.17, 15) is 9.18 Å². The van der Waals surface area contributed by atoms with Gasteiger partial charge in [0.1, 0.15) is 11.6 Å². The summed E-state index contributed by atoms with van der Waals surface area (Å²) < 4.78 is 15.5. The number of thioether (sulfide) groups is 1. The average Bonchev–Trinajstić information content (AvgIpc) is 3.10. The molecule has 1 aromatic carbocycles. The molecule has 7 heteroatoms. The fourth-order valence-electron chi connectivity index (χ4n) is 6.70. The van der Waals surface area contributed by atoms with E-state index < -0.39 is 0 Å². The van der Waals surface area contributed by atoms with Crippen LogP contribution in [0.3, 0.4) is 0 Å². The number of rotatable bonds is 8. The Bertz CT molecular complexity index is 967. The van der Waals surface area contributed by atoms with Crippen molar-refractivity contribution in [2.24, 2.45) is 17.8 Å². The molecule has 2 aromatic rings. The predicted molar refractivity (Wildman–Crippen MR) is 124 cm³/mol. The second-order valence-corrected chi connectivity index (χ2v) is 10.9. The first kappa shape index (κ1) is 21.7.